The highest BCUT2D eigenvalue weighted by Crippen LogP contribution is 2.60. The molecule has 10 nitrogen and oxygen atoms in total. The van der Waals surface area contributed by atoms with E-state index in [1.807, 2.05) is 13.8 Å². The van der Waals surface area contributed by atoms with Crippen molar-refractivity contribution in [1.82, 2.24) is 10.2 Å². The Morgan fingerprint density at radius 1 is 1.26 bits per heavy atom. The quantitative estimate of drug-likeness (QED) is 0.315. The zero-order valence-electron chi connectivity index (χ0n) is 20.2. The van der Waals surface area contributed by atoms with E-state index in [4.69, 9.17) is 21.9 Å². The number of primary amides is 2. The lowest BCUT2D eigenvalue weighted by Gasteiger charge is -2.47. The van der Waals surface area contributed by atoms with Crippen molar-refractivity contribution in [2.24, 2.45) is 58.1 Å². The maximum Gasteiger partial charge on any atom is 0.244 e. The minimum absolute atomic E-state index is 0.00256. The fourth-order valence-corrected chi connectivity index (χ4v) is 7.16. The number of allylic oxidation sites excluding steroid dienone is 2. The summed E-state index contributed by atoms with van der Waals surface area (Å²) in [5, 5.41) is 2.77. The molecule has 4 amide bonds. The molecule has 2 bridgehead atoms. The molecule has 0 aromatic heterocycles. The lowest BCUT2D eigenvalue weighted by Crippen LogP contribution is -2.69. The summed E-state index contributed by atoms with van der Waals surface area (Å²) in [5.74, 6) is -3.85. The van der Waals surface area contributed by atoms with Crippen molar-refractivity contribution >= 4 is 23.6 Å². The number of ether oxygens (including phenoxy) is 1. The second-order valence-electron chi connectivity index (χ2n) is 11.1. The van der Waals surface area contributed by atoms with E-state index in [9.17, 15) is 19.2 Å². The molecule has 4 rings (SSSR count). The van der Waals surface area contributed by atoms with Crippen LogP contribution < -0.4 is 22.5 Å². The minimum Gasteiger partial charge on any atom is -0.384 e. The number of rotatable bonds is 9. The zero-order valence-corrected chi connectivity index (χ0v) is 20.2. The summed E-state index contributed by atoms with van der Waals surface area (Å²) in [6, 6.07) is -0.987. The van der Waals surface area contributed by atoms with Crippen LogP contribution in [-0.4, -0.2) is 66.9 Å². The molecule has 1 saturated carbocycles. The predicted molar refractivity (Wildman–Crippen MR) is 123 cm³/mol. The van der Waals surface area contributed by atoms with Gasteiger partial charge in [0.1, 0.15) is 5.54 Å². The summed E-state index contributed by atoms with van der Waals surface area (Å²) in [7, 11) is 1.53. The molecule has 8 atom stereocenters. The molecule has 2 heterocycles. The van der Waals surface area contributed by atoms with Crippen LogP contribution in [0.15, 0.2) is 12.2 Å². The highest BCUT2D eigenvalue weighted by atomic mass is 16.5. The third-order valence-electron chi connectivity index (χ3n) is 8.81. The van der Waals surface area contributed by atoms with Crippen LogP contribution in [0.1, 0.15) is 33.1 Å². The Kier molecular flexibility index (Phi) is 6.27. The number of nitrogens with zero attached hydrogens (tertiary/aromatic N) is 1. The average molecular weight is 476 g/mol. The Hall–Kier alpha value is -2.46. The van der Waals surface area contributed by atoms with Gasteiger partial charge in [0.25, 0.3) is 0 Å². The van der Waals surface area contributed by atoms with E-state index in [-0.39, 0.29) is 49.2 Å². The Bertz CT molecular complexity index is 919. The summed E-state index contributed by atoms with van der Waals surface area (Å²) >= 11 is 0. The van der Waals surface area contributed by atoms with Crippen molar-refractivity contribution in [3.05, 3.63) is 12.2 Å². The summed E-state index contributed by atoms with van der Waals surface area (Å²) in [4.78, 5) is 54.3. The number of amides is 4. The molecular formula is C24H37N5O5. The first-order valence-electron chi connectivity index (χ1n) is 12.1. The Morgan fingerprint density at radius 2 is 1.94 bits per heavy atom. The number of hydrogen-bond acceptors (Lipinski definition) is 6. The number of carbonyl (C=O) groups is 4. The van der Waals surface area contributed by atoms with Crippen LogP contribution >= 0.6 is 0 Å². The van der Waals surface area contributed by atoms with E-state index in [1.54, 1.807) is 0 Å². The van der Waals surface area contributed by atoms with Gasteiger partial charge in [-0.1, -0.05) is 26.0 Å². The number of methoxy groups -OCH3 is 1. The molecular weight excluding hydrogens is 438 g/mol. The molecule has 2 aliphatic heterocycles. The van der Waals surface area contributed by atoms with Gasteiger partial charge in [-0.15, -0.1) is 0 Å². The number of nitrogens with two attached hydrogens (primary N) is 3. The first-order chi connectivity index (χ1) is 16.0. The molecule has 5 unspecified atom stereocenters. The van der Waals surface area contributed by atoms with Crippen LogP contribution in [-0.2, 0) is 23.9 Å². The number of fused-ring (bicyclic) bond motifs is 5. The number of hydrogen-bond donors (Lipinski definition) is 4. The van der Waals surface area contributed by atoms with Gasteiger partial charge in [-0.25, -0.2) is 0 Å². The molecule has 10 heteroatoms. The van der Waals surface area contributed by atoms with Gasteiger partial charge in [0, 0.05) is 37.5 Å². The molecule has 7 N–H and O–H groups in total. The average Bonchev–Trinajstić information content (AvgIpc) is 3.52. The van der Waals surface area contributed by atoms with Crippen LogP contribution in [0.3, 0.4) is 0 Å². The van der Waals surface area contributed by atoms with Crippen molar-refractivity contribution in [2.75, 3.05) is 26.8 Å². The number of nitrogens with one attached hydrogen (secondary N) is 1. The van der Waals surface area contributed by atoms with Crippen molar-refractivity contribution < 1.29 is 23.9 Å². The van der Waals surface area contributed by atoms with E-state index < -0.39 is 46.6 Å². The monoisotopic (exact) mass is 475 g/mol. The lowest BCUT2D eigenvalue weighted by atomic mass is 9.64. The predicted octanol–water partition coefficient (Wildman–Crippen LogP) is -0.881. The molecule has 188 valence electrons. The van der Waals surface area contributed by atoms with Gasteiger partial charge >= 0.3 is 0 Å². The molecule has 0 radical (unpaired) electrons. The Labute approximate surface area is 200 Å². The fourth-order valence-electron chi connectivity index (χ4n) is 7.16. The van der Waals surface area contributed by atoms with E-state index in [0.717, 1.165) is 6.42 Å². The summed E-state index contributed by atoms with van der Waals surface area (Å²) < 4.78 is 5.27. The van der Waals surface area contributed by atoms with Crippen molar-refractivity contribution in [2.45, 2.75) is 44.7 Å². The normalized spacial score (nSPS) is 35.8. The van der Waals surface area contributed by atoms with Gasteiger partial charge < -0.3 is 32.2 Å². The second kappa shape index (κ2) is 8.64. The molecule has 4 aliphatic rings. The van der Waals surface area contributed by atoms with Crippen molar-refractivity contribution in [3.8, 4) is 0 Å². The SMILES string of the molecule is COCC(C)(C)[C@H](N)C(=O)N1CC2C3C=CC(C3)C2C1(C(N)=O)[C@H](C[C@H]1CCNC1=O)C(N)=O. The maximum atomic E-state index is 14.0. The first kappa shape index (κ1) is 24.7. The summed E-state index contributed by atoms with van der Waals surface area (Å²) in [6.07, 6.45) is 5.64. The third-order valence-corrected chi connectivity index (χ3v) is 8.81. The van der Waals surface area contributed by atoms with Crippen LogP contribution in [0.4, 0.5) is 0 Å². The van der Waals surface area contributed by atoms with Crippen LogP contribution in [0.25, 0.3) is 0 Å². The van der Waals surface area contributed by atoms with E-state index in [2.05, 4.69) is 17.5 Å². The summed E-state index contributed by atoms with van der Waals surface area (Å²) in [5.41, 5.74) is 16.2. The molecule has 34 heavy (non-hydrogen) atoms. The zero-order chi connectivity index (χ0) is 25.0. The van der Waals surface area contributed by atoms with E-state index >= 15 is 0 Å². The number of likely N-dealkylation sites (tertiary alicyclic amines) is 1. The molecule has 0 spiro atoms. The van der Waals surface area contributed by atoms with Gasteiger partial charge in [0.05, 0.1) is 18.6 Å². The highest BCUT2D eigenvalue weighted by Gasteiger charge is 2.70. The molecule has 2 aliphatic carbocycles. The van der Waals surface area contributed by atoms with Crippen LogP contribution in [0.2, 0.25) is 0 Å². The third kappa shape index (κ3) is 3.53. The Balaban J connectivity index is 1.81. The topological polar surface area (TPSA) is 171 Å². The van der Waals surface area contributed by atoms with Crippen molar-refractivity contribution in [1.29, 1.82) is 0 Å². The minimum atomic E-state index is -1.64. The largest absolute Gasteiger partial charge is 0.384 e. The van der Waals surface area contributed by atoms with Gasteiger partial charge in [-0.2, -0.15) is 0 Å². The van der Waals surface area contributed by atoms with Crippen LogP contribution in [0, 0.1) is 40.9 Å². The van der Waals surface area contributed by atoms with Gasteiger partial charge in [-0.3, -0.25) is 19.2 Å². The fraction of sp³-hybridized carbons (Fsp3) is 0.750. The van der Waals surface area contributed by atoms with Gasteiger partial charge in [-0.05, 0) is 37.0 Å². The first-order valence-corrected chi connectivity index (χ1v) is 12.1. The molecule has 0 aromatic carbocycles. The Morgan fingerprint density at radius 3 is 2.50 bits per heavy atom. The van der Waals surface area contributed by atoms with Crippen molar-refractivity contribution in [3.63, 3.8) is 0 Å². The lowest BCUT2D eigenvalue weighted by molar-refractivity contribution is -0.157. The highest BCUT2D eigenvalue weighted by molar-refractivity contribution is 5.98. The second-order valence-corrected chi connectivity index (χ2v) is 11.1. The van der Waals surface area contributed by atoms with E-state index in [0.29, 0.717) is 13.0 Å². The smallest absolute Gasteiger partial charge is 0.244 e. The van der Waals surface area contributed by atoms with Gasteiger partial charge in [0.2, 0.25) is 23.6 Å². The van der Waals surface area contributed by atoms with Gasteiger partial charge in [0.15, 0.2) is 0 Å². The maximum absolute atomic E-state index is 14.0. The van der Waals surface area contributed by atoms with Crippen LogP contribution in [0.5, 0.6) is 0 Å². The molecule has 3 fully saturated rings. The molecule has 2 saturated heterocycles. The summed E-state index contributed by atoms with van der Waals surface area (Å²) in [6.45, 7) is 4.65. The molecule has 0 aromatic rings. The van der Waals surface area contributed by atoms with E-state index in [1.165, 1.54) is 12.0 Å². The standard InChI is InChI=1S/C24H37N5O5/c1-23(2,11-34-3)18(25)21(32)29-10-15-12-4-5-13(8-12)17(15)24(29,22(27)33)16(19(26)30)9-14-6-7-28-20(14)31/h4-5,12-18H,6-11,25H2,1-3H3,(H2,26,30)(H2,27,33)(H,28,31)/t12?,13?,14-,15?,16-,17?,18-,24?/m1/s1. The number of carbonyl (C=O) groups excluding carboxylic acids is 4.